The van der Waals surface area contributed by atoms with E-state index in [2.05, 4.69) is 12.2 Å². The maximum atomic E-state index is 12.2. The van der Waals surface area contributed by atoms with Crippen LogP contribution in [-0.2, 0) is 9.53 Å². The summed E-state index contributed by atoms with van der Waals surface area (Å²) in [6, 6.07) is 0.0596. The Bertz CT molecular complexity index is 284. The maximum absolute atomic E-state index is 12.2. The summed E-state index contributed by atoms with van der Waals surface area (Å²) < 4.78 is 5.10. The van der Waals surface area contributed by atoms with Crippen molar-refractivity contribution in [1.82, 2.24) is 5.32 Å². The number of hydrogen-bond acceptors (Lipinski definition) is 3. The number of nitrogens with two attached hydrogens (primary N) is 1. The summed E-state index contributed by atoms with van der Waals surface area (Å²) in [6.07, 6.45) is 4.49. The summed E-state index contributed by atoms with van der Waals surface area (Å²) in [7, 11) is 1.64. The fraction of sp³-hybridized carbons (Fsp3) is 0.833. The van der Waals surface area contributed by atoms with Gasteiger partial charge in [0.15, 0.2) is 0 Å². The van der Waals surface area contributed by atoms with Crippen LogP contribution >= 0.6 is 12.2 Å². The van der Waals surface area contributed by atoms with Gasteiger partial charge in [0, 0.05) is 7.11 Å². The molecule has 1 unspecified atom stereocenters. The van der Waals surface area contributed by atoms with Gasteiger partial charge in [0.1, 0.15) is 0 Å². The van der Waals surface area contributed by atoms with Gasteiger partial charge in [0.2, 0.25) is 5.91 Å². The van der Waals surface area contributed by atoms with Crippen LogP contribution in [0.25, 0.3) is 0 Å². The number of carbonyl (C=O) groups is 1. The Hall–Kier alpha value is -0.680. The molecule has 0 aromatic carbocycles. The van der Waals surface area contributed by atoms with Crippen molar-refractivity contribution in [3.8, 4) is 0 Å². The molecule has 3 N–H and O–H groups in total. The average molecular weight is 258 g/mol. The highest BCUT2D eigenvalue weighted by atomic mass is 32.1. The van der Waals surface area contributed by atoms with Gasteiger partial charge in [0.25, 0.3) is 0 Å². The van der Waals surface area contributed by atoms with Crippen molar-refractivity contribution in [2.75, 3.05) is 13.7 Å². The zero-order valence-electron chi connectivity index (χ0n) is 10.6. The van der Waals surface area contributed by atoms with Gasteiger partial charge in [-0.15, -0.1) is 0 Å². The quantitative estimate of drug-likeness (QED) is 0.677. The predicted molar refractivity (Wildman–Crippen MR) is 71.8 cm³/mol. The number of rotatable bonds is 7. The predicted octanol–water partition coefficient (Wildman–Crippen LogP) is 1.37. The highest BCUT2D eigenvalue weighted by Gasteiger charge is 2.47. The molecule has 0 aromatic rings. The van der Waals surface area contributed by atoms with Gasteiger partial charge < -0.3 is 15.8 Å². The number of nitrogens with one attached hydrogen (secondary N) is 1. The first-order valence-electron chi connectivity index (χ1n) is 6.16. The fourth-order valence-corrected chi connectivity index (χ4v) is 2.48. The molecule has 1 saturated carbocycles. The lowest BCUT2D eigenvalue weighted by atomic mass is 9.68. The molecule has 0 saturated heterocycles. The Labute approximate surface area is 108 Å². The molecule has 0 radical (unpaired) electrons. The van der Waals surface area contributed by atoms with E-state index >= 15 is 0 Å². The molecule has 1 amide bonds. The van der Waals surface area contributed by atoms with E-state index in [-0.39, 0.29) is 11.9 Å². The summed E-state index contributed by atoms with van der Waals surface area (Å²) >= 11 is 5.02. The van der Waals surface area contributed by atoms with E-state index < -0.39 is 5.41 Å². The van der Waals surface area contributed by atoms with Gasteiger partial charge in [0.05, 0.1) is 23.1 Å². The van der Waals surface area contributed by atoms with Crippen LogP contribution in [0, 0.1) is 5.41 Å². The molecule has 5 heteroatoms. The van der Waals surface area contributed by atoms with E-state index in [1.54, 1.807) is 7.11 Å². The number of methoxy groups -OCH3 is 1. The summed E-state index contributed by atoms with van der Waals surface area (Å²) in [5.74, 6) is -0.0215. The van der Waals surface area contributed by atoms with E-state index in [1.165, 1.54) is 0 Å². The normalized spacial score (nSPS) is 19.2. The van der Waals surface area contributed by atoms with E-state index in [4.69, 9.17) is 22.7 Å². The third-order valence-corrected chi connectivity index (χ3v) is 3.84. The van der Waals surface area contributed by atoms with Crippen LogP contribution in [-0.4, -0.2) is 30.7 Å². The van der Waals surface area contributed by atoms with Crippen molar-refractivity contribution >= 4 is 23.1 Å². The molecular weight excluding hydrogens is 236 g/mol. The van der Waals surface area contributed by atoms with Gasteiger partial charge in [-0.05, 0) is 19.3 Å². The zero-order chi connectivity index (χ0) is 12.9. The number of hydrogen-bond donors (Lipinski definition) is 2. The van der Waals surface area contributed by atoms with Crippen LogP contribution in [0.2, 0.25) is 0 Å². The molecule has 1 atom stereocenters. The number of amides is 1. The molecule has 17 heavy (non-hydrogen) atoms. The first kappa shape index (κ1) is 14.4. The molecule has 0 bridgehead atoms. The summed E-state index contributed by atoms with van der Waals surface area (Å²) in [5, 5.41) is 3.01. The first-order chi connectivity index (χ1) is 8.06. The minimum Gasteiger partial charge on any atom is -0.392 e. The Kier molecular flexibility index (Phi) is 5.33. The SMILES string of the molecule is CCCC(COC)NC(=O)C1(C(N)=S)CCC1. The summed E-state index contributed by atoms with van der Waals surface area (Å²) in [6.45, 7) is 2.62. The minimum atomic E-state index is -0.588. The van der Waals surface area contributed by atoms with Gasteiger partial charge in [-0.3, -0.25) is 4.79 Å². The van der Waals surface area contributed by atoms with Gasteiger partial charge >= 0.3 is 0 Å². The van der Waals surface area contributed by atoms with Crippen LogP contribution in [0.3, 0.4) is 0 Å². The lowest BCUT2D eigenvalue weighted by Crippen LogP contribution is -2.55. The molecule has 0 aromatic heterocycles. The molecule has 1 rings (SSSR count). The number of thiocarbonyl (C=S) groups is 1. The molecule has 0 spiro atoms. The molecular formula is C12H22N2O2S. The Morgan fingerprint density at radius 2 is 2.24 bits per heavy atom. The van der Waals surface area contributed by atoms with Crippen LogP contribution in [0.4, 0.5) is 0 Å². The monoisotopic (exact) mass is 258 g/mol. The second-order valence-corrected chi connectivity index (χ2v) is 5.15. The summed E-state index contributed by atoms with van der Waals surface area (Å²) in [4.78, 5) is 12.5. The van der Waals surface area contributed by atoms with Gasteiger partial charge in [-0.2, -0.15) is 0 Å². The van der Waals surface area contributed by atoms with Crippen molar-refractivity contribution in [3.63, 3.8) is 0 Å². The molecule has 1 aliphatic carbocycles. The first-order valence-corrected chi connectivity index (χ1v) is 6.57. The van der Waals surface area contributed by atoms with Crippen LogP contribution < -0.4 is 11.1 Å². The topological polar surface area (TPSA) is 64.3 Å². The number of ether oxygens (including phenoxy) is 1. The average Bonchev–Trinajstić information content (AvgIpc) is 2.15. The van der Waals surface area contributed by atoms with Gasteiger partial charge in [-0.1, -0.05) is 32.0 Å². The number of carbonyl (C=O) groups excluding carboxylic acids is 1. The highest BCUT2D eigenvalue weighted by molar-refractivity contribution is 7.80. The maximum Gasteiger partial charge on any atom is 0.233 e. The van der Waals surface area contributed by atoms with E-state index in [0.717, 1.165) is 32.1 Å². The Balaban J connectivity index is 2.59. The van der Waals surface area contributed by atoms with Gasteiger partial charge in [-0.25, -0.2) is 0 Å². The van der Waals surface area contributed by atoms with E-state index in [9.17, 15) is 4.79 Å². The molecule has 1 aliphatic rings. The highest BCUT2D eigenvalue weighted by Crippen LogP contribution is 2.41. The lowest BCUT2D eigenvalue weighted by molar-refractivity contribution is -0.132. The molecule has 0 aliphatic heterocycles. The second-order valence-electron chi connectivity index (χ2n) is 4.71. The third-order valence-electron chi connectivity index (χ3n) is 3.45. The zero-order valence-corrected chi connectivity index (χ0v) is 11.4. The van der Waals surface area contributed by atoms with Crippen molar-refractivity contribution in [1.29, 1.82) is 0 Å². The fourth-order valence-electron chi connectivity index (χ4n) is 2.19. The summed E-state index contributed by atoms with van der Waals surface area (Å²) in [5.41, 5.74) is 5.11. The smallest absolute Gasteiger partial charge is 0.233 e. The molecule has 0 heterocycles. The van der Waals surface area contributed by atoms with E-state index in [1.807, 2.05) is 0 Å². The van der Waals surface area contributed by atoms with Crippen molar-refractivity contribution < 1.29 is 9.53 Å². The second kappa shape index (κ2) is 6.31. The lowest BCUT2D eigenvalue weighted by Gasteiger charge is -2.40. The van der Waals surface area contributed by atoms with Crippen molar-refractivity contribution in [3.05, 3.63) is 0 Å². The molecule has 1 fully saturated rings. The Morgan fingerprint density at radius 3 is 2.59 bits per heavy atom. The van der Waals surface area contributed by atoms with Crippen LogP contribution in [0.1, 0.15) is 39.0 Å². The van der Waals surface area contributed by atoms with Crippen LogP contribution in [0.15, 0.2) is 0 Å². The van der Waals surface area contributed by atoms with Crippen molar-refractivity contribution in [2.45, 2.75) is 45.1 Å². The third kappa shape index (κ3) is 3.16. The molecule has 98 valence electrons. The molecule has 4 nitrogen and oxygen atoms in total. The largest absolute Gasteiger partial charge is 0.392 e. The van der Waals surface area contributed by atoms with Crippen molar-refractivity contribution in [2.24, 2.45) is 11.1 Å². The minimum absolute atomic E-state index is 0.0215. The van der Waals surface area contributed by atoms with E-state index in [0.29, 0.717) is 11.6 Å². The Morgan fingerprint density at radius 1 is 1.59 bits per heavy atom. The standard InChI is InChI=1S/C12H22N2O2S/c1-3-5-9(8-16-2)14-11(15)12(10(13)17)6-4-7-12/h9H,3-8H2,1-2H3,(H2,13,17)(H,14,15). The van der Waals surface area contributed by atoms with Crippen LogP contribution in [0.5, 0.6) is 0 Å².